The van der Waals surface area contributed by atoms with E-state index in [-0.39, 0.29) is 23.8 Å². The summed E-state index contributed by atoms with van der Waals surface area (Å²) in [7, 11) is 1.52. The van der Waals surface area contributed by atoms with Gasteiger partial charge < -0.3 is 14.2 Å². The van der Waals surface area contributed by atoms with Gasteiger partial charge in [-0.3, -0.25) is 25.7 Å². The first kappa shape index (κ1) is 26.1. The van der Waals surface area contributed by atoms with Crippen molar-refractivity contribution in [2.45, 2.75) is 6.92 Å². The molecule has 0 unspecified atom stereocenters. The highest BCUT2D eigenvalue weighted by molar-refractivity contribution is 9.10. The summed E-state index contributed by atoms with van der Waals surface area (Å²) in [6.07, 6.45) is 1.35. The number of non-ortho nitro benzene ring substituents is 1. The Balaban J connectivity index is 1.82. The first-order valence-corrected chi connectivity index (χ1v) is 11.1. The van der Waals surface area contributed by atoms with E-state index in [0.717, 1.165) is 12.1 Å². The molecule has 0 spiro atoms. The van der Waals surface area contributed by atoms with Gasteiger partial charge >= 0.3 is 11.7 Å². The molecule has 0 bridgehead atoms. The minimum Gasteiger partial charge on any atom is -0.497 e. The Kier molecular flexibility index (Phi) is 8.52. The molecule has 0 heterocycles. The molecule has 13 heteroatoms. The average Bonchev–Trinajstić information content (AvgIpc) is 2.86. The number of hydrazone groups is 1. The van der Waals surface area contributed by atoms with Crippen LogP contribution in [0.3, 0.4) is 0 Å². The summed E-state index contributed by atoms with van der Waals surface area (Å²) in [6, 6.07) is 12.7. The lowest BCUT2D eigenvalue weighted by molar-refractivity contribution is -0.393. The van der Waals surface area contributed by atoms with Gasteiger partial charge in [-0.25, -0.2) is 4.79 Å². The molecule has 0 aliphatic carbocycles. The molecule has 0 aromatic heterocycles. The molecule has 12 nitrogen and oxygen atoms in total. The molecule has 0 aliphatic rings. The van der Waals surface area contributed by atoms with E-state index in [1.165, 1.54) is 19.4 Å². The second-order valence-corrected chi connectivity index (χ2v) is 7.82. The van der Waals surface area contributed by atoms with Crippen LogP contribution < -0.4 is 19.6 Å². The van der Waals surface area contributed by atoms with E-state index in [4.69, 9.17) is 14.2 Å². The molecule has 3 rings (SSSR count). The van der Waals surface area contributed by atoms with Crippen molar-refractivity contribution in [3.8, 4) is 17.2 Å². The SMILES string of the molecule is CCOc1cc(/C=N\Nc2ccc([N+](=O)[O-])cc2[N+](=O)[O-])cc(Br)c1OC(=O)c1ccc(OC)cc1. The normalized spacial score (nSPS) is 10.6. The molecular formula is C23H19BrN4O8. The zero-order valence-corrected chi connectivity index (χ0v) is 20.6. The second kappa shape index (κ2) is 11.8. The largest absolute Gasteiger partial charge is 0.497 e. The molecule has 1 N–H and O–H groups in total. The van der Waals surface area contributed by atoms with E-state index in [1.54, 1.807) is 43.3 Å². The minimum atomic E-state index is -0.749. The van der Waals surface area contributed by atoms with Crippen molar-refractivity contribution in [3.63, 3.8) is 0 Å². The zero-order valence-electron chi connectivity index (χ0n) is 19.0. The third kappa shape index (κ3) is 6.33. The molecule has 36 heavy (non-hydrogen) atoms. The number of rotatable bonds is 10. The lowest BCUT2D eigenvalue weighted by Crippen LogP contribution is -2.10. The molecule has 3 aromatic rings. The van der Waals surface area contributed by atoms with Gasteiger partial charge in [-0.2, -0.15) is 5.10 Å². The Bertz CT molecular complexity index is 1330. The molecule has 0 radical (unpaired) electrons. The standard InChI is InChI=1S/C23H19BrN4O8/c1-3-35-21-11-14(13-25-26-19-9-6-16(27(30)31)12-20(19)28(32)33)10-18(24)22(21)36-23(29)15-4-7-17(34-2)8-5-15/h4-13,26H,3H2,1-2H3/b25-13-. The molecule has 0 saturated carbocycles. The average molecular weight is 559 g/mol. The number of hydrogen-bond acceptors (Lipinski definition) is 10. The van der Waals surface area contributed by atoms with Crippen LogP contribution in [0.4, 0.5) is 17.1 Å². The summed E-state index contributed by atoms with van der Waals surface area (Å²) in [5, 5.41) is 26.1. The second-order valence-electron chi connectivity index (χ2n) is 6.97. The van der Waals surface area contributed by atoms with Crippen LogP contribution in [0.15, 0.2) is 64.2 Å². The summed E-state index contributed by atoms with van der Waals surface area (Å²) in [5.74, 6) is 0.414. The van der Waals surface area contributed by atoms with Crippen molar-refractivity contribution in [3.05, 3.63) is 90.4 Å². The Morgan fingerprint density at radius 3 is 2.42 bits per heavy atom. The van der Waals surface area contributed by atoms with E-state index < -0.39 is 27.2 Å². The number of carbonyl (C=O) groups excluding carboxylic acids is 1. The summed E-state index contributed by atoms with van der Waals surface area (Å²) in [6.45, 7) is 2.05. The summed E-state index contributed by atoms with van der Waals surface area (Å²) in [4.78, 5) is 33.3. The van der Waals surface area contributed by atoms with E-state index in [9.17, 15) is 25.0 Å². The van der Waals surface area contributed by atoms with Gasteiger partial charge in [0.05, 0.1) is 45.9 Å². The van der Waals surface area contributed by atoms with Gasteiger partial charge in [-0.15, -0.1) is 0 Å². The summed E-state index contributed by atoms with van der Waals surface area (Å²) < 4.78 is 16.7. The number of benzene rings is 3. The fraction of sp³-hybridized carbons (Fsp3) is 0.130. The molecule has 0 saturated heterocycles. The van der Waals surface area contributed by atoms with Crippen LogP contribution in [0.25, 0.3) is 0 Å². The quantitative estimate of drug-likeness (QED) is 0.114. The highest BCUT2D eigenvalue weighted by atomic mass is 79.9. The number of nitro groups is 2. The number of esters is 1. The predicted molar refractivity (Wildman–Crippen MR) is 134 cm³/mol. The number of ether oxygens (including phenoxy) is 3. The number of nitro benzene ring substituents is 2. The van der Waals surface area contributed by atoms with Crippen LogP contribution in [-0.2, 0) is 0 Å². The van der Waals surface area contributed by atoms with Crippen LogP contribution in [0.5, 0.6) is 17.2 Å². The van der Waals surface area contributed by atoms with Gasteiger partial charge in [0.2, 0.25) is 0 Å². The molecular weight excluding hydrogens is 540 g/mol. The van der Waals surface area contributed by atoms with Gasteiger partial charge in [-0.05, 0) is 70.9 Å². The lowest BCUT2D eigenvalue weighted by atomic mass is 10.2. The maximum atomic E-state index is 12.6. The third-order valence-electron chi connectivity index (χ3n) is 4.64. The smallest absolute Gasteiger partial charge is 0.343 e. The highest BCUT2D eigenvalue weighted by Crippen LogP contribution is 2.37. The highest BCUT2D eigenvalue weighted by Gasteiger charge is 2.20. The van der Waals surface area contributed by atoms with Crippen molar-refractivity contribution in [2.75, 3.05) is 19.1 Å². The first-order chi connectivity index (χ1) is 17.2. The van der Waals surface area contributed by atoms with E-state index >= 15 is 0 Å². The van der Waals surface area contributed by atoms with Crippen molar-refractivity contribution in [1.29, 1.82) is 0 Å². The van der Waals surface area contributed by atoms with Gasteiger partial charge in [0.25, 0.3) is 5.69 Å². The summed E-state index contributed by atoms with van der Waals surface area (Å²) >= 11 is 3.37. The number of nitrogens with zero attached hydrogens (tertiary/aromatic N) is 3. The van der Waals surface area contributed by atoms with Gasteiger partial charge in [0, 0.05) is 6.07 Å². The van der Waals surface area contributed by atoms with Gasteiger partial charge in [0.15, 0.2) is 11.5 Å². The van der Waals surface area contributed by atoms with Crippen LogP contribution in [0.1, 0.15) is 22.8 Å². The number of methoxy groups -OCH3 is 1. The Morgan fingerprint density at radius 2 is 1.81 bits per heavy atom. The number of hydrogen-bond donors (Lipinski definition) is 1. The molecule has 0 amide bonds. The molecule has 0 atom stereocenters. The summed E-state index contributed by atoms with van der Waals surface area (Å²) in [5.41, 5.74) is 2.38. The van der Waals surface area contributed by atoms with Crippen LogP contribution >= 0.6 is 15.9 Å². The van der Waals surface area contributed by atoms with Crippen molar-refractivity contribution in [1.82, 2.24) is 0 Å². The Hall–Kier alpha value is -4.52. The van der Waals surface area contributed by atoms with E-state index in [0.29, 0.717) is 21.3 Å². The maximum Gasteiger partial charge on any atom is 0.343 e. The number of halogens is 1. The predicted octanol–water partition coefficient (Wildman–Crippen LogP) is 5.34. The van der Waals surface area contributed by atoms with E-state index in [2.05, 4.69) is 26.5 Å². The van der Waals surface area contributed by atoms with Crippen molar-refractivity contribution < 1.29 is 28.9 Å². The van der Waals surface area contributed by atoms with Gasteiger partial charge in [-0.1, -0.05) is 0 Å². The van der Waals surface area contributed by atoms with E-state index in [1.807, 2.05) is 0 Å². The van der Waals surface area contributed by atoms with Crippen LogP contribution in [0.2, 0.25) is 0 Å². The Morgan fingerprint density at radius 1 is 1.08 bits per heavy atom. The van der Waals surface area contributed by atoms with Crippen molar-refractivity contribution >= 4 is 45.2 Å². The number of carbonyl (C=O) groups is 1. The topological polar surface area (TPSA) is 155 Å². The third-order valence-corrected chi connectivity index (χ3v) is 5.23. The maximum absolute atomic E-state index is 12.6. The minimum absolute atomic E-state index is 0.0315. The molecule has 3 aromatic carbocycles. The number of nitrogens with one attached hydrogen (secondary N) is 1. The van der Waals surface area contributed by atoms with Crippen molar-refractivity contribution in [2.24, 2.45) is 5.10 Å². The fourth-order valence-corrected chi connectivity index (χ4v) is 3.50. The monoisotopic (exact) mass is 558 g/mol. The molecule has 0 fully saturated rings. The Labute approximate surface area is 212 Å². The zero-order chi connectivity index (χ0) is 26.2. The molecule has 0 aliphatic heterocycles. The molecule has 186 valence electrons. The van der Waals surface area contributed by atoms with Gasteiger partial charge in [0.1, 0.15) is 11.4 Å². The number of anilines is 1. The van der Waals surface area contributed by atoms with Crippen LogP contribution in [-0.4, -0.2) is 35.7 Å². The first-order valence-electron chi connectivity index (χ1n) is 10.3. The lowest BCUT2D eigenvalue weighted by Gasteiger charge is -2.13. The fourth-order valence-electron chi connectivity index (χ4n) is 2.96. The van der Waals surface area contributed by atoms with Crippen LogP contribution in [0, 0.1) is 20.2 Å².